The van der Waals surface area contributed by atoms with Crippen molar-refractivity contribution in [2.24, 2.45) is 0 Å². The number of para-hydroxylation sites is 2. The first-order valence-electron chi connectivity index (χ1n) is 17.7. The monoisotopic (exact) mass is 670 g/mol. The van der Waals surface area contributed by atoms with Crippen LogP contribution in [0.25, 0.3) is 33.7 Å². The van der Waals surface area contributed by atoms with Crippen molar-refractivity contribution in [2.45, 2.75) is 13.1 Å². The SMILES string of the molecule is C[Si]1(C)c2cc(N(c3ccccc3)c3cccc4ccccc34)ccc2C=Cc2ccc(N(c3ccccc3)c3cccc4ccccc34)cc21. The van der Waals surface area contributed by atoms with Crippen molar-refractivity contribution in [1.82, 2.24) is 0 Å². The minimum Gasteiger partial charge on any atom is -0.310 e. The van der Waals surface area contributed by atoms with Crippen molar-refractivity contribution in [2.75, 3.05) is 9.80 Å². The fourth-order valence-corrected chi connectivity index (χ4v) is 11.0. The molecular weight excluding hydrogens is 633 g/mol. The highest BCUT2D eigenvalue weighted by Crippen LogP contribution is 2.41. The summed E-state index contributed by atoms with van der Waals surface area (Å²) in [6.45, 7) is 5.03. The molecule has 0 amide bonds. The van der Waals surface area contributed by atoms with Gasteiger partial charge >= 0.3 is 0 Å². The maximum atomic E-state index is 2.51. The van der Waals surface area contributed by atoms with E-state index in [1.807, 2.05) is 0 Å². The van der Waals surface area contributed by atoms with Crippen LogP contribution in [0.1, 0.15) is 11.1 Å². The van der Waals surface area contributed by atoms with Crippen LogP contribution in [0, 0.1) is 0 Å². The van der Waals surface area contributed by atoms with Crippen LogP contribution in [0.3, 0.4) is 0 Å². The molecule has 0 unspecified atom stereocenters. The Hall–Kier alpha value is -6.16. The van der Waals surface area contributed by atoms with Crippen molar-refractivity contribution in [3.05, 3.63) is 193 Å². The summed E-state index contributed by atoms with van der Waals surface area (Å²) >= 11 is 0. The number of hydrogen-bond donors (Lipinski definition) is 0. The quantitative estimate of drug-likeness (QED) is 0.162. The second-order valence-electron chi connectivity index (χ2n) is 13.8. The Morgan fingerprint density at radius 1 is 0.353 bits per heavy atom. The van der Waals surface area contributed by atoms with E-state index < -0.39 is 8.07 Å². The van der Waals surface area contributed by atoms with Crippen LogP contribution in [0.15, 0.2) is 182 Å². The molecule has 8 aromatic carbocycles. The second kappa shape index (κ2) is 12.6. The van der Waals surface area contributed by atoms with Gasteiger partial charge < -0.3 is 9.80 Å². The van der Waals surface area contributed by atoms with E-state index in [2.05, 4.69) is 217 Å². The van der Waals surface area contributed by atoms with Gasteiger partial charge in [-0.2, -0.15) is 0 Å². The fraction of sp³-hybridized carbons (Fsp3) is 0.0417. The summed E-state index contributed by atoms with van der Waals surface area (Å²) in [5.41, 5.74) is 9.60. The number of anilines is 6. The number of fused-ring (bicyclic) bond motifs is 4. The van der Waals surface area contributed by atoms with E-state index in [1.54, 1.807) is 0 Å². The molecule has 0 saturated heterocycles. The summed E-state index contributed by atoms with van der Waals surface area (Å²) in [6.07, 6.45) is 4.65. The Balaban J connectivity index is 1.21. The third kappa shape index (κ3) is 5.43. The molecule has 0 aliphatic carbocycles. The predicted octanol–water partition coefficient (Wildman–Crippen LogP) is 12.2. The molecule has 51 heavy (non-hydrogen) atoms. The van der Waals surface area contributed by atoms with Gasteiger partial charge in [-0.1, -0.05) is 147 Å². The summed E-state index contributed by atoms with van der Waals surface area (Å²) in [4.78, 5) is 4.85. The van der Waals surface area contributed by atoms with Gasteiger partial charge in [0.05, 0.1) is 11.4 Å². The van der Waals surface area contributed by atoms with Crippen LogP contribution < -0.4 is 20.2 Å². The zero-order valence-corrected chi connectivity index (χ0v) is 29.9. The molecular formula is C48H38N2Si. The van der Waals surface area contributed by atoms with Crippen molar-refractivity contribution >= 4 is 86.3 Å². The summed E-state index contributed by atoms with van der Waals surface area (Å²) in [6, 6.07) is 66.4. The summed E-state index contributed by atoms with van der Waals surface area (Å²) < 4.78 is 0. The molecule has 0 spiro atoms. The Morgan fingerprint density at radius 2 is 0.745 bits per heavy atom. The highest BCUT2D eigenvalue weighted by molar-refractivity contribution is 7.01. The molecule has 1 heterocycles. The van der Waals surface area contributed by atoms with Gasteiger partial charge in [0.2, 0.25) is 0 Å². The van der Waals surface area contributed by atoms with E-state index in [0.717, 1.165) is 11.4 Å². The number of rotatable bonds is 6. The number of nitrogens with zero attached hydrogens (tertiary/aromatic N) is 2. The Labute approximate surface area is 301 Å². The third-order valence-electron chi connectivity index (χ3n) is 10.4. The maximum Gasteiger partial charge on any atom is 0.113 e. The number of hydrogen-bond acceptors (Lipinski definition) is 2. The lowest BCUT2D eigenvalue weighted by atomic mass is 10.1. The summed E-state index contributed by atoms with van der Waals surface area (Å²) in [5.74, 6) is 0. The van der Waals surface area contributed by atoms with Crippen molar-refractivity contribution < 1.29 is 0 Å². The lowest BCUT2D eigenvalue weighted by Crippen LogP contribution is -2.54. The van der Waals surface area contributed by atoms with Crippen LogP contribution in [0.2, 0.25) is 13.1 Å². The van der Waals surface area contributed by atoms with Crippen LogP contribution in [-0.2, 0) is 0 Å². The van der Waals surface area contributed by atoms with E-state index >= 15 is 0 Å². The van der Waals surface area contributed by atoms with Gasteiger partial charge in [-0.25, -0.2) is 0 Å². The molecule has 244 valence electrons. The van der Waals surface area contributed by atoms with E-state index in [-0.39, 0.29) is 0 Å². The molecule has 0 aromatic heterocycles. The van der Waals surface area contributed by atoms with Gasteiger partial charge in [0.1, 0.15) is 8.07 Å². The highest BCUT2D eigenvalue weighted by atomic mass is 28.3. The van der Waals surface area contributed by atoms with Gasteiger partial charge in [0.25, 0.3) is 0 Å². The molecule has 0 radical (unpaired) electrons. The average Bonchev–Trinajstić information content (AvgIpc) is 3.29. The average molecular weight is 671 g/mol. The van der Waals surface area contributed by atoms with Crippen molar-refractivity contribution in [3.8, 4) is 0 Å². The second-order valence-corrected chi connectivity index (χ2v) is 18.2. The zero-order valence-electron chi connectivity index (χ0n) is 28.9. The minimum atomic E-state index is -2.26. The van der Waals surface area contributed by atoms with Crippen LogP contribution in [-0.4, -0.2) is 8.07 Å². The van der Waals surface area contributed by atoms with E-state index in [0.29, 0.717) is 0 Å². The predicted molar refractivity (Wildman–Crippen MR) is 223 cm³/mol. The fourth-order valence-electron chi connectivity index (χ4n) is 7.88. The first-order chi connectivity index (χ1) is 25.1. The summed E-state index contributed by atoms with van der Waals surface area (Å²) in [7, 11) is -2.26. The molecule has 0 atom stereocenters. The topological polar surface area (TPSA) is 6.48 Å². The van der Waals surface area contributed by atoms with Gasteiger partial charge in [-0.05, 0) is 92.9 Å². The molecule has 3 heteroatoms. The van der Waals surface area contributed by atoms with Crippen LogP contribution in [0.4, 0.5) is 34.1 Å². The molecule has 0 bridgehead atoms. The highest BCUT2D eigenvalue weighted by Gasteiger charge is 2.33. The molecule has 0 N–H and O–H groups in total. The normalized spacial score (nSPS) is 13.0. The molecule has 8 aromatic rings. The molecule has 0 fully saturated rings. The Kier molecular flexibility index (Phi) is 7.64. The number of benzene rings is 8. The standard InChI is InChI=1S/C48H38N2Si/c1-51(2)47-33-41(49(39-19-5-3-6-20-39)45-25-13-17-35-15-9-11-23-43(35)45)31-29-37(47)27-28-38-30-32-42(34-48(38)51)50(40-21-7-4-8-22-40)46-26-14-18-36-16-10-12-24-44(36)46/h3-34H,1-2H3. The van der Waals surface area contributed by atoms with Crippen molar-refractivity contribution in [1.29, 1.82) is 0 Å². The summed E-state index contributed by atoms with van der Waals surface area (Å²) in [5, 5.41) is 7.81. The molecule has 2 nitrogen and oxygen atoms in total. The van der Waals surface area contributed by atoms with Gasteiger partial charge in [0.15, 0.2) is 0 Å². The first kappa shape index (κ1) is 30.9. The van der Waals surface area contributed by atoms with Crippen LogP contribution >= 0.6 is 0 Å². The van der Waals surface area contributed by atoms with Crippen LogP contribution in [0.5, 0.6) is 0 Å². The Morgan fingerprint density at radius 3 is 1.20 bits per heavy atom. The Bertz CT molecular complexity index is 2380. The van der Waals surface area contributed by atoms with Gasteiger partial charge in [0, 0.05) is 33.5 Å². The molecule has 0 saturated carbocycles. The van der Waals surface area contributed by atoms with E-state index in [4.69, 9.17) is 0 Å². The largest absolute Gasteiger partial charge is 0.310 e. The maximum absolute atomic E-state index is 2.51. The molecule has 1 aliphatic heterocycles. The van der Waals surface area contributed by atoms with Gasteiger partial charge in [-0.3, -0.25) is 0 Å². The van der Waals surface area contributed by atoms with Gasteiger partial charge in [-0.15, -0.1) is 0 Å². The zero-order chi connectivity index (χ0) is 34.4. The van der Waals surface area contributed by atoms with E-state index in [9.17, 15) is 0 Å². The van der Waals surface area contributed by atoms with E-state index in [1.165, 1.54) is 65.8 Å². The molecule has 9 rings (SSSR count). The molecule has 1 aliphatic rings. The van der Waals surface area contributed by atoms with Crippen molar-refractivity contribution in [3.63, 3.8) is 0 Å². The first-order valence-corrected chi connectivity index (χ1v) is 20.7. The lowest BCUT2D eigenvalue weighted by molar-refractivity contribution is 1.30. The third-order valence-corrected chi connectivity index (χ3v) is 14.0. The minimum absolute atomic E-state index is 1.15. The lowest BCUT2D eigenvalue weighted by Gasteiger charge is -2.32. The smallest absolute Gasteiger partial charge is 0.113 e.